The molecule has 0 amide bonds. The maximum absolute atomic E-state index is 6.15. The molecule has 3 aromatic rings. The van der Waals surface area contributed by atoms with E-state index in [1.165, 1.54) is 13.4 Å². The van der Waals surface area contributed by atoms with Gasteiger partial charge in [0.15, 0.2) is 11.4 Å². The average molecular weight is 303 g/mol. The molecule has 0 spiro atoms. The lowest BCUT2D eigenvalue weighted by molar-refractivity contribution is 0.392. The zero-order chi connectivity index (χ0) is 14.8. The van der Waals surface area contributed by atoms with E-state index in [9.17, 15) is 0 Å². The number of ether oxygens (including phenoxy) is 2. The number of halogens is 1. The van der Waals surface area contributed by atoms with Crippen molar-refractivity contribution in [2.24, 2.45) is 0 Å². The number of benzene rings is 1. The maximum atomic E-state index is 6.15. The smallest absolute Gasteiger partial charge is 0.249 e. The first-order chi connectivity index (χ1) is 10.2. The summed E-state index contributed by atoms with van der Waals surface area (Å²) in [6.45, 7) is 0. The molecule has 2 N–H and O–H groups in total. The van der Waals surface area contributed by atoms with E-state index in [2.05, 4.69) is 15.0 Å². The van der Waals surface area contributed by atoms with Crippen LogP contribution in [-0.2, 0) is 0 Å². The van der Waals surface area contributed by atoms with E-state index >= 15 is 0 Å². The molecule has 7 heteroatoms. The fourth-order valence-corrected chi connectivity index (χ4v) is 2.12. The number of nitrogen functional groups attached to an aromatic ring is 1. The van der Waals surface area contributed by atoms with Crippen LogP contribution in [0.4, 0.5) is 5.69 Å². The molecule has 0 unspecified atom stereocenters. The minimum absolute atomic E-state index is 0.205. The number of pyridine rings is 1. The Bertz CT molecular complexity index is 810. The van der Waals surface area contributed by atoms with Crippen LogP contribution in [0.3, 0.4) is 0 Å². The lowest BCUT2D eigenvalue weighted by Gasteiger charge is -2.11. The first-order valence-corrected chi connectivity index (χ1v) is 6.44. The second-order valence-corrected chi connectivity index (χ2v) is 4.56. The van der Waals surface area contributed by atoms with E-state index in [4.69, 9.17) is 26.8 Å². The number of anilines is 1. The predicted octanol–water partition coefficient (Wildman–Crippen LogP) is 3.06. The van der Waals surface area contributed by atoms with Gasteiger partial charge in [0, 0.05) is 11.6 Å². The molecule has 6 nitrogen and oxygen atoms in total. The normalized spacial score (nSPS) is 10.6. The number of hydrogen-bond donors (Lipinski definition) is 1. The summed E-state index contributed by atoms with van der Waals surface area (Å²) < 4.78 is 10.8. The highest BCUT2D eigenvalue weighted by atomic mass is 35.5. The van der Waals surface area contributed by atoms with E-state index in [1.807, 2.05) is 6.07 Å². The molecule has 21 heavy (non-hydrogen) atoms. The summed E-state index contributed by atoms with van der Waals surface area (Å²) in [7, 11) is 1.47. The highest BCUT2D eigenvalue weighted by Crippen LogP contribution is 2.35. The van der Waals surface area contributed by atoms with Crippen molar-refractivity contribution < 1.29 is 9.47 Å². The third-order valence-corrected chi connectivity index (χ3v) is 3.22. The summed E-state index contributed by atoms with van der Waals surface area (Å²) in [4.78, 5) is 12.2. The quantitative estimate of drug-likeness (QED) is 0.800. The summed E-state index contributed by atoms with van der Waals surface area (Å²) in [5, 5.41) is 1.38. The molecule has 0 saturated carbocycles. The average Bonchev–Trinajstić information content (AvgIpc) is 2.52. The molecule has 3 rings (SSSR count). The van der Waals surface area contributed by atoms with Crippen molar-refractivity contribution >= 4 is 28.2 Å². The van der Waals surface area contributed by atoms with Crippen LogP contribution in [0.5, 0.6) is 17.5 Å². The van der Waals surface area contributed by atoms with Gasteiger partial charge in [-0.25, -0.2) is 0 Å². The van der Waals surface area contributed by atoms with Gasteiger partial charge in [0.05, 0.1) is 12.1 Å². The number of nitrogens with two attached hydrogens (primary N) is 1. The molecule has 0 bridgehead atoms. The van der Waals surface area contributed by atoms with Crippen LogP contribution >= 0.6 is 11.6 Å². The summed E-state index contributed by atoms with van der Waals surface area (Å²) in [5.74, 6) is 0.963. The Morgan fingerprint density at radius 1 is 1.10 bits per heavy atom. The maximum Gasteiger partial charge on any atom is 0.249 e. The van der Waals surface area contributed by atoms with Gasteiger partial charge in [-0.15, -0.1) is 0 Å². The molecular weight excluding hydrogens is 292 g/mol. The Hall–Kier alpha value is -2.60. The summed E-state index contributed by atoms with van der Waals surface area (Å²) in [5.41, 5.74) is 6.74. The molecule has 0 aliphatic heterocycles. The van der Waals surface area contributed by atoms with Crippen LogP contribution in [0.25, 0.3) is 10.9 Å². The number of methoxy groups -OCH3 is 1. The number of hydrogen-bond acceptors (Lipinski definition) is 6. The van der Waals surface area contributed by atoms with Crippen LogP contribution in [0.1, 0.15) is 0 Å². The topological polar surface area (TPSA) is 83.2 Å². The van der Waals surface area contributed by atoms with Gasteiger partial charge >= 0.3 is 0 Å². The molecule has 1 aromatic carbocycles. The third-order valence-electron chi connectivity index (χ3n) is 2.89. The van der Waals surface area contributed by atoms with Crippen LogP contribution in [0, 0.1) is 0 Å². The largest absolute Gasteiger partial charge is 0.479 e. The second kappa shape index (κ2) is 5.41. The lowest BCUT2D eigenvalue weighted by atomic mass is 10.2. The van der Waals surface area contributed by atoms with Crippen LogP contribution < -0.4 is 15.2 Å². The first-order valence-electron chi connectivity index (χ1n) is 6.06. The fourth-order valence-electron chi connectivity index (χ4n) is 1.91. The van der Waals surface area contributed by atoms with Crippen LogP contribution in [0.15, 0.2) is 36.8 Å². The number of aromatic nitrogens is 3. The summed E-state index contributed by atoms with van der Waals surface area (Å²) in [6, 6.07) is 7.11. The fraction of sp³-hybridized carbons (Fsp3) is 0.0714. The minimum atomic E-state index is 0.205. The monoisotopic (exact) mass is 302 g/mol. The Balaban J connectivity index is 2.09. The molecule has 0 atom stereocenters. The lowest BCUT2D eigenvalue weighted by Crippen LogP contribution is -2.01. The highest BCUT2D eigenvalue weighted by Gasteiger charge is 2.13. The molecule has 2 heterocycles. The van der Waals surface area contributed by atoms with E-state index in [0.717, 1.165) is 5.39 Å². The van der Waals surface area contributed by atoms with Gasteiger partial charge in [0.1, 0.15) is 11.8 Å². The molecule has 0 radical (unpaired) electrons. The molecule has 0 fully saturated rings. The van der Waals surface area contributed by atoms with Crippen molar-refractivity contribution in [3.05, 3.63) is 41.8 Å². The van der Waals surface area contributed by atoms with Crippen LogP contribution in [-0.4, -0.2) is 22.1 Å². The van der Waals surface area contributed by atoms with Gasteiger partial charge in [0.2, 0.25) is 11.8 Å². The Morgan fingerprint density at radius 3 is 2.71 bits per heavy atom. The molecule has 106 valence electrons. The van der Waals surface area contributed by atoms with E-state index in [0.29, 0.717) is 16.3 Å². The van der Waals surface area contributed by atoms with Crippen molar-refractivity contribution in [1.82, 2.24) is 15.0 Å². The van der Waals surface area contributed by atoms with Gasteiger partial charge in [-0.2, -0.15) is 9.97 Å². The Morgan fingerprint density at radius 2 is 1.90 bits per heavy atom. The molecule has 0 aliphatic rings. The number of nitrogens with zero attached hydrogens (tertiary/aromatic N) is 3. The van der Waals surface area contributed by atoms with Gasteiger partial charge < -0.3 is 15.2 Å². The van der Waals surface area contributed by atoms with E-state index < -0.39 is 0 Å². The zero-order valence-corrected chi connectivity index (χ0v) is 11.8. The second-order valence-electron chi connectivity index (χ2n) is 4.15. The number of fused-ring (bicyclic) bond motifs is 1. The van der Waals surface area contributed by atoms with Crippen molar-refractivity contribution in [2.45, 2.75) is 0 Å². The van der Waals surface area contributed by atoms with Gasteiger partial charge in [-0.05, 0) is 24.3 Å². The molecule has 0 saturated heterocycles. The van der Waals surface area contributed by atoms with E-state index in [1.54, 1.807) is 24.4 Å². The summed E-state index contributed by atoms with van der Waals surface area (Å²) in [6.07, 6.45) is 2.98. The minimum Gasteiger partial charge on any atom is -0.479 e. The van der Waals surface area contributed by atoms with Gasteiger partial charge in [0.25, 0.3) is 0 Å². The van der Waals surface area contributed by atoms with Gasteiger partial charge in [-0.3, -0.25) is 4.98 Å². The van der Waals surface area contributed by atoms with Crippen molar-refractivity contribution in [1.29, 1.82) is 0 Å². The Kier molecular flexibility index (Phi) is 3.45. The molecule has 2 aromatic heterocycles. The standard InChI is InChI=1S/C14H11ClN4O2/c1-20-13-11(16)14(19-7-18-13)21-10-5-4-9(15)8-3-2-6-17-12(8)10/h2-7H,16H2,1H3. The number of rotatable bonds is 3. The predicted molar refractivity (Wildman–Crippen MR) is 79.8 cm³/mol. The summed E-state index contributed by atoms with van der Waals surface area (Å²) >= 11 is 6.15. The molecule has 0 aliphatic carbocycles. The van der Waals surface area contributed by atoms with Crippen molar-refractivity contribution in [3.8, 4) is 17.5 Å². The van der Waals surface area contributed by atoms with Gasteiger partial charge in [-0.1, -0.05) is 11.6 Å². The SMILES string of the molecule is COc1ncnc(Oc2ccc(Cl)c3cccnc23)c1N. The molecular formula is C14H11ClN4O2. The van der Waals surface area contributed by atoms with Crippen molar-refractivity contribution in [2.75, 3.05) is 12.8 Å². The zero-order valence-electron chi connectivity index (χ0n) is 11.1. The third kappa shape index (κ3) is 2.41. The first kappa shape index (κ1) is 13.4. The Labute approximate surface area is 125 Å². The highest BCUT2D eigenvalue weighted by molar-refractivity contribution is 6.35. The van der Waals surface area contributed by atoms with Crippen molar-refractivity contribution in [3.63, 3.8) is 0 Å². The van der Waals surface area contributed by atoms with Crippen LogP contribution in [0.2, 0.25) is 5.02 Å². The van der Waals surface area contributed by atoms with E-state index in [-0.39, 0.29) is 17.4 Å².